The van der Waals surface area contributed by atoms with Gasteiger partial charge in [-0.2, -0.15) is 0 Å². The maximum absolute atomic E-state index is 7.62. The average Bonchev–Trinajstić information content (AvgIpc) is 4.00. The van der Waals surface area contributed by atoms with E-state index in [4.69, 9.17) is 9.05 Å². The van der Waals surface area contributed by atoms with Crippen LogP contribution in [0.4, 0.5) is 0 Å². The second-order valence-electron chi connectivity index (χ2n) is 15.9. The first-order chi connectivity index (χ1) is 28.3. The molecule has 0 fully saturated rings. The highest BCUT2D eigenvalue weighted by atomic mass is 31.2. The summed E-state index contributed by atoms with van der Waals surface area (Å²) in [6.45, 7) is 13.5. The van der Waals surface area contributed by atoms with E-state index in [1.54, 1.807) is 0 Å². The second kappa shape index (κ2) is 12.2. The Morgan fingerprint density at radius 1 is 0.362 bits per heavy atom. The Balaban J connectivity index is 1.14. The van der Waals surface area contributed by atoms with Gasteiger partial charge >= 0.3 is 16.9 Å². The number of nitrogens with zero attached hydrogens (tertiary/aromatic N) is 4. The summed E-state index contributed by atoms with van der Waals surface area (Å²) in [4.78, 5) is 0. The first-order valence-corrected chi connectivity index (χ1v) is 22.2. The molecular weight excluding hydrogens is 751 g/mol. The summed E-state index contributed by atoms with van der Waals surface area (Å²) in [5.74, 6) is 1.75. The summed E-state index contributed by atoms with van der Waals surface area (Å²) < 4.78 is 24.7. The minimum Gasteiger partial charge on any atom is -0.435 e. The van der Waals surface area contributed by atoms with Crippen LogP contribution in [-0.4, -0.2) is 17.4 Å². The molecule has 282 valence electrons. The van der Waals surface area contributed by atoms with Gasteiger partial charge in [-0.05, 0) is 122 Å². The number of para-hydroxylation sites is 4. The van der Waals surface area contributed by atoms with Gasteiger partial charge in [-0.15, -0.1) is 0 Å². The molecule has 6 aromatic carbocycles. The first-order valence-electron chi connectivity index (χ1n) is 19.9. The summed E-state index contributed by atoms with van der Waals surface area (Å²) in [7, 11) is -2.84. The van der Waals surface area contributed by atoms with Gasteiger partial charge in [0.2, 0.25) is 0 Å². The SMILES string of the molecule is Cc1c2cc(c(-c3c4cc(c(C)c3C)-c3cn(c5ccccc35)P(n3cc(C)c5ccccc53)O4)c1C)OP(n1cc(C)c3ccccc31)n1cc-2c2ccccc21. The van der Waals surface area contributed by atoms with Crippen molar-refractivity contribution in [1.82, 2.24) is 17.4 Å². The van der Waals surface area contributed by atoms with Crippen molar-refractivity contribution in [2.45, 2.75) is 41.5 Å². The highest BCUT2D eigenvalue weighted by Crippen LogP contribution is 2.59. The van der Waals surface area contributed by atoms with Crippen molar-refractivity contribution in [3.63, 3.8) is 0 Å². The number of aromatic nitrogens is 4. The van der Waals surface area contributed by atoms with Gasteiger partial charge < -0.3 is 9.05 Å². The fourth-order valence-corrected chi connectivity index (χ4v) is 13.4. The molecule has 0 N–H and O–H groups in total. The summed E-state index contributed by atoms with van der Waals surface area (Å²) in [6, 6.07) is 39.5. The molecular formula is C50H40N4O2P2. The number of aryl methyl sites for hydroxylation is 2. The molecule has 0 aliphatic carbocycles. The summed E-state index contributed by atoms with van der Waals surface area (Å²) in [6.07, 6.45) is 9.18. The molecule has 4 aromatic heterocycles. The van der Waals surface area contributed by atoms with Gasteiger partial charge in [0, 0.05) is 68.6 Å². The standard InChI is InChI=1S/C50H40N4O2P2/c1-29-25-51(43-19-11-7-15-35(29)43)57-53-27-41(37-17-9-13-21-45(37)53)39-23-47(55-57)49(33(5)31(39)3)50-34(6)32(4)40-24-48(50)56-58(52-26-30(2)36-16-8-12-20-44(36)52)54-28-42(40)38-18-10-14-22-46(38)54/h7-28H,1-6H3. The van der Waals surface area contributed by atoms with E-state index >= 15 is 0 Å². The van der Waals surface area contributed by atoms with E-state index in [1.807, 2.05) is 0 Å². The molecule has 0 amide bonds. The van der Waals surface area contributed by atoms with Gasteiger partial charge in [0.25, 0.3) is 0 Å². The topological polar surface area (TPSA) is 38.2 Å². The van der Waals surface area contributed by atoms with Crippen LogP contribution in [0, 0.1) is 41.5 Å². The van der Waals surface area contributed by atoms with Crippen molar-refractivity contribution in [2.75, 3.05) is 0 Å². The summed E-state index contributed by atoms with van der Waals surface area (Å²) in [5, 5.41) is 4.94. The van der Waals surface area contributed by atoms with Gasteiger partial charge in [-0.3, -0.25) is 17.4 Å². The average molecular weight is 791 g/mol. The minimum absolute atomic E-state index is 0.873. The molecule has 6 nitrogen and oxygen atoms in total. The van der Waals surface area contributed by atoms with Gasteiger partial charge in [0.1, 0.15) is 11.5 Å². The molecule has 58 heavy (non-hydrogen) atoms. The minimum atomic E-state index is -1.42. The van der Waals surface area contributed by atoms with Crippen LogP contribution >= 0.6 is 16.9 Å². The van der Waals surface area contributed by atoms with Crippen LogP contribution in [0.5, 0.6) is 11.5 Å². The van der Waals surface area contributed by atoms with Crippen LogP contribution < -0.4 is 9.05 Å². The number of rotatable bonds is 3. The Labute approximate surface area is 339 Å². The molecule has 2 aliphatic heterocycles. The van der Waals surface area contributed by atoms with Crippen LogP contribution in [0.2, 0.25) is 0 Å². The fourth-order valence-electron chi connectivity index (χ4n) is 9.64. The zero-order chi connectivity index (χ0) is 39.1. The molecule has 6 heterocycles. The summed E-state index contributed by atoms with van der Waals surface area (Å²) >= 11 is 0. The fraction of sp³-hybridized carbons (Fsp3) is 0.120. The van der Waals surface area contributed by atoms with Crippen LogP contribution in [-0.2, 0) is 0 Å². The molecule has 8 heteroatoms. The zero-order valence-corrected chi connectivity index (χ0v) is 35.0. The van der Waals surface area contributed by atoms with E-state index in [1.165, 1.54) is 88.2 Å². The van der Waals surface area contributed by atoms with Crippen molar-refractivity contribution in [3.8, 4) is 44.9 Å². The molecule has 12 rings (SSSR count). The van der Waals surface area contributed by atoms with Gasteiger partial charge in [0.15, 0.2) is 0 Å². The van der Waals surface area contributed by atoms with E-state index in [0.717, 1.165) is 33.7 Å². The molecule has 0 saturated carbocycles. The van der Waals surface area contributed by atoms with Crippen LogP contribution in [0.15, 0.2) is 134 Å². The van der Waals surface area contributed by atoms with Crippen LogP contribution in [0.3, 0.4) is 0 Å². The maximum Gasteiger partial charge on any atom is 0.318 e. The van der Waals surface area contributed by atoms with E-state index in [-0.39, 0.29) is 0 Å². The van der Waals surface area contributed by atoms with Crippen LogP contribution in [0.1, 0.15) is 33.4 Å². The van der Waals surface area contributed by atoms with Crippen molar-refractivity contribution in [1.29, 1.82) is 0 Å². The molecule has 2 aliphatic rings. The molecule has 8 bridgehead atoms. The van der Waals surface area contributed by atoms with E-state index < -0.39 is 16.9 Å². The third-order valence-corrected chi connectivity index (χ3v) is 16.3. The van der Waals surface area contributed by atoms with E-state index in [9.17, 15) is 0 Å². The molecule has 0 spiro atoms. The molecule has 2 atom stereocenters. The number of benzene rings is 6. The maximum atomic E-state index is 7.62. The second-order valence-corrected chi connectivity index (χ2v) is 19.0. The molecule has 10 aromatic rings. The lowest BCUT2D eigenvalue weighted by atomic mass is 9.85. The van der Waals surface area contributed by atoms with Crippen molar-refractivity contribution < 1.29 is 9.05 Å². The van der Waals surface area contributed by atoms with Gasteiger partial charge in [0.05, 0.1) is 22.1 Å². The monoisotopic (exact) mass is 790 g/mol. The Morgan fingerprint density at radius 2 is 0.690 bits per heavy atom. The van der Waals surface area contributed by atoms with Gasteiger partial charge in [-0.1, -0.05) is 72.8 Å². The largest absolute Gasteiger partial charge is 0.435 e. The first kappa shape index (κ1) is 34.0. The van der Waals surface area contributed by atoms with E-state index in [2.05, 4.69) is 193 Å². The number of fused-ring (bicyclic) bond motifs is 18. The Kier molecular flexibility index (Phi) is 7.17. The third kappa shape index (κ3) is 4.56. The number of hydrogen-bond donors (Lipinski definition) is 0. The lowest BCUT2D eigenvalue weighted by Crippen LogP contribution is -2.10. The molecule has 0 saturated heterocycles. The van der Waals surface area contributed by atoms with Crippen molar-refractivity contribution >= 4 is 60.5 Å². The van der Waals surface area contributed by atoms with Crippen molar-refractivity contribution in [3.05, 3.63) is 167 Å². The Hall–Kier alpha value is -6.06. The van der Waals surface area contributed by atoms with Gasteiger partial charge in [-0.25, -0.2) is 0 Å². The predicted molar refractivity (Wildman–Crippen MR) is 243 cm³/mol. The molecule has 2 unspecified atom stereocenters. The molecule has 0 radical (unpaired) electrons. The third-order valence-electron chi connectivity index (χ3n) is 12.8. The Bertz CT molecular complexity index is 3170. The van der Waals surface area contributed by atoms with E-state index in [0.29, 0.717) is 0 Å². The predicted octanol–water partition coefficient (Wildman–Crippen LogP) is 14.4. The Morgan fingerprint density at radius 3 is 1.09 bits per heavy atom. The highest BCUT2D eigenvalue weighted by Gasteiger charge is 2.34. The highest BCUT2D eigenvalue weighted by molar-refractivity contribution is 7.50. The lowest BCUT2D eigenvalue weighted by Gasteiger charge is -2.30. The normalized spacial score (nSPS) is 15.7. The zero-order valence-electron chi connectivity index (χ0n) is 33.2. The van der Waals surface area contributed by atoms with Crippen LogP contribution in [0.25, 0.3) is 77.0 Å². The van der Waals surface area contributed by atoms with Crippen molar-refractivity contribution in [2.24, 2.45) is 0 Å². The number of hydrogen-bond acceptors (Lipinski definition) is 2. The summed E-state index contributed by atoms with van der Waals surface area (Å²) in [5.41, 5.74) is 19.0. The quantitative estimate of drug-likeness (QED) is 0.167. The smallest absolute Gasteiger partial charge is 0.318 e. The lowest BCUT2D eigenvalue weighted by molar-refractivity contribution is 0.587.